The smallest absolute Gasteiger partial charge is 0.287 e. The minimum atomic E-state index is -0.435. The first-order chi connectivity index (χ1) is 8.50. The van der Waals surface area contributed by atoms with Crippen molar-refractivity contribution in [2.75, 3.05) is 25.1 Å². The zero-order valence-electron chi connectivity index (χ0n) is 10.6. The Morgan fingerprint density at radius 3 is 3.00 bits per heavy atom. The second-order valence-corrected chi connectivity index (χ2v) is 5.08. The van der Waals surface area contributed by atoms with Crippen LogP contribution in [0.25, 0.3) is 0 Å². The molecule has 1 aromatic rings. The van der Waals surface area contributed by atoms with E-state index >= 15 is 0 Å². The standard InChI is InChI=1S/C12H17N3O3/c1-9-5-10(15(16)17)6-13-11(9)14-7-12(2)3-4-18-8-12/h5-6H,3-4,7-8H2,1-2H3,(H,13,14)/t12-/m1/s1. The van der Waals surface area contributed by atoms with Gasteiger partial charge in [-0.2, -0.15) is 0 Å². The van der Waals surface area contributed by atoms with Crippen LogP contribution in [0.2, 0.25) is 0 Å². The molecule has 1 saturated heterocycles. The van der Waals surface area contributed by atoms with E-state index in [2.05, 4.69) is 17.2 Å². The monoisotopic (exact) mass is 251 g/mol. The summed E-state index contributed by atoms with van der Waals surface area (Å²) < 4.78 is 5.38. The Bertz CT molecular complexity index is 456. The number of nitrogens with zero attached hydrogens (tertiary/aromatic N) is 2. The van der Waals surface area contributed by atoms with E-state index in [0.29, 0.717) is 5.82 Å². The van der Waals surface area contributed by atoms with E-state index in [1.807, 2.05) is 6.92 Å². The lowest BCUT2D eigenvalue weighted by molar-refractivity contribution is -0.385. The van der Waals surface area contributed by atoms with Gasteiger partial charge < -0.3 is 10.1 Å². The maximum atomic E-state index is 10.6. The average molecular weight is 251 g/mol. The molecule has 2 heterocycles. The Kier molecular flexibility index (Phi) is 3.47. The summed E-state index contributed by atoms with van der Waals surface area (Å²) in [7, 11) is 0. The van der Waals surface area contributed by atoms with Gasteiger partial charge >= 0.3 is 0 Å². The first-order valence-corrected chi connectivity index (χ1v) is 5.93. The van der Waals surface area contributed by atoms with Crippen molar-refractivity contribution in [3.8, 4) is 0 Å². The zero-order valence-corrected chi connectivity index (χ0v) is 10.6. The maximum absolute atomic E-state index is 10.6. The Hall–Kier alpha value is -1.69. The highest BCUT2D eigenvalue weighted by molar-refractivity contribution is 5.48. The molecule has 1 aliphatic rings. The second-order valence-electron chi connectivity index (χ2n) is 5.08. The molecule has 6 heteroatoms. The van der Waals surface area contributed by atoms with Gasteiger partial charge in [0.25, 0.3) is 5.69 Å². The molecule has 0 radical (unpaired) electrons. The number of aryl methyl sites for hydroxylation is 1. The summed E-state index contributed by atoms with van der Waals surface area (Å²) in [4.78, 5) is 14.3. The van der Waals surface area contributed by atoms with Crippen molar-refractivity contribution in [2.24, 2.45) is 5.41 Å². The number of rotatable bonds is 4. The van der Waals surface area contributed by atoms with Gasteiger partial charge in [0.15, 0.2) is 0 Å². The third-order valence-corrected chi connectivity index (χ3v) is 3.26. The largest absolute Gasteiger partial charge is 0.381 e. The van der Waals surface area contributed by atoms with Crippen LogP contribution >= 0.6 is 0 Å². The molecule has 1 aliphatic heterocycles. The summed E-state index contributed by atoms with van der Waals surface area (Å²) in [6, 6.07) is 1.53. The molecule has 98 valence electrons. The Balaban J connectivity index is 2.03. The molecule has 1 N–H and O–H groups in total. The van der Waals surface area contributed by atoms with E-state index in [0.717, 1.165) is 31.7 Å². The van der Waals surface area contributed by atoms with Gasteiger partial charge in [0, 0.05) is 24.6 Å². The molecule has 0 bridgehead atoms. The van der Waals surface area contributed by atoms with Crippen molar-refractivity contribution >= 4 is 11.5 Å². The fraction of sp³-hybridized carbons (Fsp3) is 0.583. The summed E-state index contributed by atoms with van der Waals surface area (Å²) in [6.45, 7) is 6.28. The van der Waals surface area contributed by atoms with E-state index in [1.165, 1.54) is 12.3 Å². The first-order valence-electron chi connectivity index (χ1n) is 5.93. The third-order valence-electron chi connectivity index (χ3n) is 3.26. The van der Waals surface area contributed by atoms with E-state index in [-0.39, 0.29) is 11.1 Å². The molecule has 18 heavy (non-hydrogen) atoms. The SMILES string of the molecule is Cc1cc([N+](=O)[O-])cnc1NC[C@@]1(C)CCOC1. The predicted octanol–water partition coefficient (Wildman–Crippen LogP) is 2.14. The summed E-state index contributed by atoms with van der Waals surface area (Å²) in [5.41, 5.74) is 0.927. The number of nitrogens with one attached hydrogen (secondary N) is 1. The van der Waals surface area contributed by atoms with Gasteiger partial charge in [0.05, 0.1) is 11.5 Å². The fourth-order valence-electron chi connectivity index (χ4n) is 1.99. The maximum Gasteiger partial charge on any atom is 0.287 e. The topological polar surface area (TPSA) is 77.3 Å². The van der Waals surface area contributed by atoms with Gasteiger partial charge in [-0.05, 0) is 18.9 Å². The lowest BCUT2D eigenvalue weighted by Gasteiger charge is -2.22. The van der Waals surface area contributed by atoms with Crippen molar-refractivity contribution in [1.82, 2.24) is 4.98 Å². The molecule has 0 unspecified atom stereocenters. The Morgan fingerprint density at radius 1 is 1.67 bits per heavy atom. The van der Waals surface area contributed by atoms with Crippen molar-refractivity contribution in [2.45, 2.75) is 20.3 Å². The summed E-state index contributed by atoms with van der Waals surface area (Å²) in [6.07, 6.45) is 2.30. The summed E-state index contributed by atoms with van der Waals surface area (Å²) >= 11 is 0. The van der Waals surface area contributed by atoms with Crippen molar-refractivity contribution in [3.63, 3.8) is 0 Å². The van der Waals surface area contributed by atoms with Crippen molar-refractivity contribution in [3.05, 3.63) is 27.9 Å². The van der Waals surface area contributed by atoms with Crippen LogP contribution in [0.1, 0.15) is 18.9 Å². The molecule has 0 saturated carbocycles. The first kappa shape index (κ1) is 12.8. The van der Waals surface area contributed by atoms with Crippen LogP contribution in [-0.4, -0.2) is 29.7 Å². The van der Waals surface area contributed by atoms with Gasteiger partial charge in [0.1, 0.15) is 12.0 Å². The molecule has 1 fully saturated rings. The van der Waals surface area contributed by atoms with Crippen LogP contribution in [0.4, 0.5) is 11.5 Å². The number of hydrogen-bond donors (Lipinski definition) is 1. The fourth-order valence-corrected chi connectivity index (χ4v) is 1.99. The summed E-state index contributed by atoms with van der Waals surface area (Å²) in [5, 5.41) is 13.9. The highest BCUT2D eigenvalue weighted by atomic mass is 16.6. The number of nitro groups is 1. The minimum Gasteiger partial charge on any atom is -0.381 e. The van der Waals surface area contributed by atoms with Crippen LogP contribution < -0.4 is 5.32 Å². The van der Waals surface area contributed by atoms with Gasteiger partial charge in [-0.3, -0.25) is 10.1 Å². The highest BCUT2D eigenvalue weighted by Gasteiger charge is 2.29. The van der Waals surface area contributed by atoms with E-state index in [1.54, 1.807) is 0 Å². The van der Waals surface area contributed by atoms with Crippen LogP contribution in [-0.2, 0) is 4.74 Å². The molecule has 0 spiro atoms. The normalized spacial score (nSPS) is 23.0. The molecular weight excluding hydrogens is 234 g/mol. The van der Waals surface area contributed by atoms with Crippen molar-refractivity contribution in [1.29, 1.82) is 0 Å². The third kappa shape index (κ3) is 2.76. The number of pyridine rings is 1. The molecule has 1 aromatic heterocycles. The van der Waals surface area contributed by atoms with Crippen LogP contribution in [0.5, 0.6) is 0 Å². The minimum absolute atomic E-state index is 0.0217. The number of aromatic nitrogens is 1. The van der Waals surface area contributed by atoms with Gasteiger partial charge in [-0.25, -0.2) is 4.98 Å². The van der Waals surface area contributed by atoms with Crippen LogP contribution in [0, 0.1) is 22.5 Å². The quantitative estimate of drug-likeness (QED) is 0.655. The molecule has 2 rings (SSSR count). The molecule has 0 aliphatic carbocycles. The van der Waals surface area contributed by atoms with Gasteiger partial charge in [0.2, 0.25) is 0 Å². The van der Waals surface area contributed by atoms with E-state index in [9.17, 15) is 10.1 Å². The molecule has 0 amide bonds. The number of anilines is 1. The lowest BCUT2D eigenvalue weighted by atomic mass is 9.90. The molecule has 6 nitrogen and oxygen atoms in total. The molecular formula is C12H17N3O3. The van der Waals surface area contributed by atoms with Gasteiger partial charge in [-0.15, -0.1) is 0 Å². The van der Waals surface area contributed by atoms with Crippen molar-refractivity contribution < 1.29 is 9.66 Å². The second kappa shape index (κ2) is 4.89. The highest BCUT2D eigenvalue weighted by Crippen LogP contribution is 2.28. The Morgan fingerprint density at radius 2 is 2.44 bits per heavy atom. The van der Waals surface area contributed by atoms with Crippen LogP contribution in [0.3, 0.4) is 0 Å². The number of hydrogen-bond acceptors (Lipinski definition) is 5. The lowest BCUT2D eigenvalue weighted by Crippen LogP contribution is -2.27. The van der Waals surface area contributed by atoms with E-state index in [4.69, 9.17) is 4.74 Å². The number of ether oxygens (including phenoxy) is 1. The molecule has 0 aromatic carbocycles. The van der Waals surface area contributed by atoms with Gasteiger partial charge in [-0.1, -0.05) is 6.92 Å². The Labute approximate surface area is 106 Å². The van der Waals surface area contributed by atoms with Crippen LogP contribution in [0.15, 0.2) is 12.3 Å². The molecule has 1 atom stereocenters. The average Bonchev–Trinajstić information content (AvgIpc) is 2.75. The van der Waals surface area contributed by atoms with E-state index < -0.39 is 4.92 Å². The predicted molar refractivity (Wildman–Crippen MR) is 67.7 cm³/mol. The summed E-state index contributed by atoms with van der Waals surface area (Å²) in [5.74, 6) is 0.703. The zero-order chi connectivity index (χ0) is 13.2.